The molecule has 7 heteroatoms. The summed E-state index contributed by atoms with van der Waals surface area (Å²) in [7, 11) is 0. The van der Waals surface area contributed by atoms with Gasteiger partial charge in [0.2, 0.25) is 5.91 Å². The Labute approximate surface area is 226 Å². The molecule has 4 aromatic rings. The van der Waals surface area contributed by atoms with E-state index in [1.54, 1.807) is 18.3 Å². The minimum absolute atomic E-state index is 0.0268. The highest BCUT2D eigenvalue weighted by Crippen LogP contribution is 2.48. The number of allylic oxidation sites excluding steroid dienone is 1. The van der Waals surface area contributed by atoms with E-state index in [0.29, 0.717) is 24.1 Å². The molecule has 0 bridgehead atoms. The number of pyridine rings is 1. The van der Waals surface area contributed by atoms with E-state index < -0.39 is 6.04 Å². The Kier molecular flexibility index (Phi) is 6.14. The van der Waals surface area contributed by atoms with Crippen LogP contribution in [0.25, 0.3) is 10.9 Å². The zero-order chi connectivity index (χ0) is 27.1. The summed E-state index contributed by atoms with van der Waals surface area (Å²) in [6, 6.07) is 23.0. The SMILES string of the molecule is CC1(C)CC(=O)C2=C(C1)Nc1ccccc1N(CC(=O)Nc1cnc3ccccc3c1)C2c1ccc(F)cc1. The fourth-order valence-electron chi connectivity index (χ4n) is 5.71. The van der Waals surface area contributed by atoms with E-state index in [2.05, 4.69) is 29.5 Å². The molecule has 0 saturated heterocycles. The Bertz CT molecular complexity index is 1630. The highest BCUT2D eigenvalue weighted by molar-refractivity contribution is 6.03. The predicted molar refractivity (Wildman–Crippen MR) is 152 cm³/mol. The van der Waals surface area contributed by atoms with Crippen molar-refractivity contribution in [1.82, 2.24) is 4.98 Å². The molecule has 39 heavy (non-hydrogen) atoms. The maximum atomic E-state index is 14.0. The van der Waals surface area contributed by atoms with Crippen molar-refractivity contribution < 1.29 is 14.0 Å². The van der Waals surface area contributed by atoms with Gasteiger partial charge in [0.15, 0.2) is 5.78 Å². The highest BCUT2D eigenvalue weighted by Gasteiger charge is 2.41. The molecule has 1 aliphatic carbocycles. The lowest BCUT2D eigenvalue weighted by atomic mass is 9.73. The number of para-hydroxylation sites is 3. The first-order valence-corrected chi connectivity index (χ1v) is 13.1. The number of hydrogen-bond donors (Lipinski definition) is 2. The number of halogens is 1. The molecule has 1 aromatic heterocycles. The van der Waals surface area contributed by atoms with Crippen LogP contribution >= 0.6 is 0 Å². The van der Waals surface area contributed by atoms with Crippen molar-refractivity contribution in [2.24, 2.45) is 5.41 Å². The van der Waals surface area contributed by atoms with E-state index in [0.717, 1.165) is 33.5 Å². The lowest BCUT2D eigenvalue weighted by molar-refractivity contribution is -0.119. The molecule has 2 aliphatic rings. The number of carbonyl (C=O) groups excluding carboxylic acids is 2. The van der Waals surface area contributed by atoms with Gasteiger partial charge >= 0.3 is 0 Å². The van der Waals surface area contributed by atoms with Gasteiger partial charge in [0.1, 0.15) is 5.82 Å². The van der Waals surface area contributed by atoms with Crippen LogP contribution < -0.4 is 15.5 Å². The molecule has 0 fully saturated rings. The second-order valence-corrected chi connectivity index (χ2v) is 11.0. The summed E-state index contributed by atoms with van der Waals surface area (Å²) in [5.74, 6) is -0.578. The van der Waals surface area contributed by atoms with Gasteiger partial charge in [-0.15, -0.1) is 0 Å². The van der Waals surface area contributed by atoms with Crippen molar-refractivity contribution in [3.05, 3.63) is 108 Å². The van der Waals surface area contributed by atoms with Crippen LogP contribution in [-0.2, 0) is 9.59 Å². The fourth-order valence-corrected chi connectivity index (χ4v) is 5.71. The van der Waals surface area contributed by atoms with Gasteiger partial charge in [-0.3, -0.25) is 14.6 Å². The van der Waals surface area contributed by atoms with E-state index in [9.17, 15) is 14.0 Å². The zero-order valence-electron chi connectivity index (χ0n) is 21.9. The number of rotatable bonds is 4. The summed E-state index contributed by atoms with van der Waals surface area (Å²) in [4.78, 5) is 33.7. The van der Waals surface area contributed by atoms with Crippen LogP contribution in [-0.4, -0.2) is 23.2 Å². The van der Waals surface area contributed by atoms with Crippen LogP contribution in [0.5, 0.6) is 0 Å². The number of nitrogens with one attached hydrogen (secondary N) is 2. The fraction of sp³-hybridized carbons (Fsp3) is 0.219. The van der Waals surface area contributed by atoms with Crippen LogP contribution in [0.3, 0.4) is 0 Å². The summed E-state index contributed by atoms with van der Waals surface area (Å²) in [5, 5.41) is 7.44. The molecule has 6 rings (SSSR count). The summed E-state index contributed by atoms with van der Waals surface area (Å²) < 4.78 is 14.0. The summed E-state index contributed by atoms with van der Waals surface area (Å²) >= 11 is 0. The number of anilines is 3. The maximum Gasteiger partial charge on any atom is 0.243 e. The standard InChI is InChI=1S/C32H29FN4O2/c1-32(2)16-26-30(28(38)17-32)31(20-11-13-22(33)14-12-20)37(27-10-6-5-9-25(27)36-26)19-29(39)35-23-15-21-7-3-4-8-24(21)34-18-23/h3-15,18,31,36H,16-17,19H2,1-2H3,(H,35,39). The Morgan fingerprint density at radius 1 is 1.05 bits per heavy atom. The summed E-state index contributed by atoms with van der Waals surface area (Å²) in [6.45, 7) is 4.15. The number of ketones is 1. The predicted octanol–water partition coefficient (Wildman–Crippen LogP) is 6.63. The second kappa shape index (κ2) is 9.66. The molecule has 196 valence electrons. The van der Waals surface area contributed by atoms with Crippen LogP contribution in [0.2, 0.25) is 0 Å². The molecule has 1 unspecified atom stereocenters. The van der Waals surface area contributed by atoms with Crippen LogP contribution in [0.4, 0.5) is 21.5 Å². The molecule has 0 spiro atoms. The average Bonchev–Trinajstić information content (AvgIpc) is 3.03. The Hall–Kier alpha value is -4.52. The van der Waals surface area contributed by atoms with E-state index in [1.165, 1.54) is 12.1 Å². The topological polar surface area (TPSA) is 74.3 Å². The number of benzene rings is 3. The minimum atomic E-state index is -0.569. The first-order valence-electron chi connectivity index (χ1n) is 13.1. The maximum absolute atomic E-state index is 14.0. The first-order chi connectivity index (χ1) is 18.8. The van der Waals surface area contributed by atoms with Crippen molar-refractivity contribution in [2.75, 3.05) is 22.1 Å². The number of Topliss-reactive ketones (excluding diaryl/α,β-unsaturated/α-hetero) is 1. The van der Waals surface area contributed by atoms with E-state index in [1.807, 2.05) is 59.5 Å². The molecule has 1 atom stereocenters. The number of hydrogen-bond acceptors (Lipinski definition) is 5. The first kappa shape index (κ1) is 24.8. The third kappa shape index (κ3) is 4.88. The number of amides is 1. The molecule has 6 nitrogen and oxygen atoms in total. The van der Waals surface area contributed by atoms with Crippen molar-refractivity contribution >= 4 is 39.7 Å². The van der Waals surface area contributed by atoms with Crippen molar-refractivity contribution in [3.8, 4) is 0 Å². The van der Waals surface area contributed by atoms with E-state index >= 15 is 0 Å². The molecule has 0 saturated carbocycles. The Balaban J connectivity index is 1.43. The molecule has 2 N–H and O–H groups in total. The molecule has 1 aliphatic heterocycles. The lowest BCUT2D eigenvalue weighted by Crippen LogP contribution is -2.40. The molecule has 2 heterocycles. The van der Waals surface area contributed by atoms with Gasteiger partial charge in [-0.2, -0.15) is 0 Å². The summed E-state index contributed by atoms with van der Waals surface area (Å²) in [6.07, 6.45) is 2.72. The highest BCUT2D eigenvalue weighted by atomic mass is 19.1. The van der Waals surface area contributed by atoms with Crippen LogP contribution in [0, 0.1) is 11.2 Å². The van der Waals surface area contributed by atoms with Gasteiger partial charge in [0.25, 0.3) is 0 Å². The van der Waals surface area contributed by atoms with Gasteiger partial charge in [0.05, 0.1) is 41.4 Å². The van der Waals surface area contributed by atoms with E-state index in [4.69, 9.17) is 0 Å². The van der Waals surface area contributed by atoms with Gasteiger partial charge in [0, 0.05) is 23.1 Å². The monoisotopic (exact) mass is 520 g/mol. The quantitative estimate of drug-likeness (QED) is 0.316. The third-order valence-electron chi connectivity index (χ3n) is 7.38. The van der Waals surface area contributed by atoms with Crippen molar-refractivity contribution in [1.29, 1.82) is 0 Å². The lowest BCUT2D eigenvalue weighted by Gasteiger charge is -2.37. The molecular weight excluding hydrogens is 491 g/mol. The summed E-state index contributed by atoms with van der Waals surface area (Å²) in [5.41, 5.74) is 5.05. The van der Waals surface area contributed by atoms with Gasteiger partial charge < -0.3 is 15.5 Å². The Morgan fingerprint density at radius 3 is 2.62 bits per heavy atom. The number of nitrogens with zero attached hydrogens (tertiary/aromatic N) is 2. The minimum Gasteiger partial charge on any atom is -0.357 e. The van der Waals surface area contributed by atoms with Gasteiger partial charge in [-0.1, -0.05) is 56.3 Å². The second-order valence-electron chi connectivity index (χ2n) is 11.0. The molecule has 3 aromatic carbocycles. The number of fused-ring (bicyclic) bond motifs is 2. The van der Waals surface area contributed by atoms with Crippen molar-refractivity contribution in [3.63, 3.8) is 0 Å². The van der Waals surface area contributed by atoms with Crippen LogP contribution in [0.1, 0.15) is 38.3 Å². The number of carbonyl (C=O) groups is 2. The normalized spacial score (nSPS) is 18.2. The largest absolute Gasteiger partial charge is 0.357 e. The average molecular weight is 521 g/mol. The molecule has 1 amide bonds. The van der Waals surface area contributed by atoms with Crippen LogP contribution in [0.15, 0.2) is 96.3 Å². The van der Waals surface area contributed by atoms with E-state index in [-0.39, 0.29) is 29.5 Å². The molecular formula is C32H29FN4O2. The van der Waals surface area contributed by atoms with Gasteiger partial charge in [-0.05, 0) is 53.8 Å². The molecule has 0 radical (unpaired) electrons. The van der Waals surface area contributed by atoms with Gasteiger partial charge in [-0.25, -0.2) is 4.39 Å². The van der Waals surface area contributed by atoms with Crippen molar-refractivity contribution in [2.45, 2.75) is 32.7 Å². The smallest absolute Gasteiger partial charge is 0.243 e. The number of aromatic nitrogens is 1. The Morgan fingerprint density at radius 2 is 1.79 bits per heavy atom. The third-order valence-corrected chi connectivity index (χ3v) is 7.38. The zero-order valence-corrected chi connectivity index (χ0v) is 21.9.